The molecule has 0 aromatic heterocycles. The Labute approximate surface area is 159 Å². The van der Waals surface area contributed by atoms with Gasteiger partial charge in [-0.25, -0.2) is 0 Å². The molecule has 0 aliphatic carbocycles. The van der Waals surface area contributed by atoms with E-state index < -0.39 is 0 Å². The SMILES string of the molecule is COc1cc(C(=O)N2CCN(C(=O)Cc3ccc(N)cc3)CC2)ccc1C. The maximum atomic E-state index is 12.7. The summed E-state index contributed by atoms with van der Waals surface area (Å²) in [4.78, 5) is 28.8. The van der Waals surface area contributed by atoms with Crippen LogP contribution in [0.2, 0.25) is 0 Å². The number of methoxy groups -OCH3 is 1. The quantitative estimate of drug-likeness (QED) is 0.840. The standard InChI is InChI=1S/C21H25N3O3/c1-15-3-6-17(14-19(15)27-2)21(26)24-11-9-23(10-12-24)20(25)13-16-4-7-18(22)8-5-16/h3-8,14H,9-13,22H2,1-2H3. The van der Waals surface area contributed by atoms with E-state index in [0.29, 0.717) is 49.6 Å². The van der Waals surface area contributed by atoms with Gasteiger partial charge in [-0.3, -0.25) is 9.59 Å². The Morgan fingerprint density at radius 1 is 1.00 bits per heavy atom. The summed E-state index contributed by atoms with van der Waals surface area (Å²) < 4.78 is 5.30. The summed E-state index contributed by atoms with van der Waals surface area (Å²) in [6, 6.07) is 12.8. The van der Waals surface area contributed by atoms with Crippen LogP contribution in [-0.2, 0) is 11.2 Å². The van der Waals surface area contributed by atoms with Crippen molar-refractivity contribution in [1.29, 1.82) is 0 Å². The van der Waals surface area contributed by atoms with Gasteiger partial charge in [-0.2, -0.15) is 0 Å². The number of carbonyl (C=O) groups excluding carboxylic acids is 2. The first-order valence-corrected chi connectivity index (χ1v) is 9.04. The zero-order valence-electron chi connectivity index (χ0n) is 15.8. The first-order valence-electron chi connectivity index (χ1n) is 9.04. The molecule has 1 fully saturated rings. The largest absolute Gasteiger partial charge is 0.496 e. The fraction of sp³-hybridized carbons (Fsp3) is 0.333. The third-order valence-electron chi connectivity index (χ3n) is 4.91. The van der Waals surface area contributed by atoms with Crippen molar-refractivity contribution in [2.24, 2.45) is 0 Å². The van der Waals surface area contributed by atoms with Gasteiger partial charge in [-0.1, -0.05) is 18.2 Å². The molecule has 1 aliphatic rings. The number of carbonyl (C=O) groups is 2. The van der Waals surface area contributed by atoms with Gasteiger partial charge in [-0.05, 0) is 42.3 Å². The number of benzene rings is 2. The Bertz CT molecular complexity index is 825. The van der Waals surface area contributed by atoms with Crippen molar-refractivity contribution in [3.05, 3.63) is 59.2 Å². The third kappa shape index (κ3) is 4.39. The summed E-state index contributed by atoms with van der Waals surface area (Å²) in [7, 11) is 1.60. The highest BCUT2D eigenvalue weighted by atomic mass is 16.5. The van der Waals surface area contributed by atoms with Crippen LogP contribution in [0.25, 0.3) is 0 Å². The first kappa shape index (κ1) is 18.8. The van der Waals surface area contributed by atoms with Crippen molar-refractivity contribution >= 4 is 17.5 Å². The van der Waals surface area contributed by atoms with E-state index in [1.54, 1.807) is 30.2 Å². The molecule has 6 heteroatoms. The number of nitrogens with zero attached hydrogens (tertiary/aromatic N) is 2. The lowest BCUT2D eigenvalue weighted by Gasteiger charge is -2.35. The molecule has 2 aromatic carbocycles. The van der Waals surface area contributed by atoms with Crippen LogP contribution in [0, 0.1) is 6.92 Å². The van der Waals surface area contributed by atoms with E-state index in [0.717, 1.165) is 11.1 Å². The van der Waals surface area contributed by atoms with Crippen LogP contribution in [0.4, 0.5) is 5.69 Å². The van der Waals surface area contributed by atoms with Crippen LogP contribution in [0.1, 0.15) is 21.5 Å². The van der Waals surface area contributed by atoms with Gasteiger partial charge in [-0.15, -0.1) is 0 Å². The van der Waals surface area contributed by atoms with Crippen molar-refractivity contribution in [2.45, 2.75) is 13.3 Å². The molecule has 3 rings (SSSR count). The van der Waals surface area contributed by atoms with Crippen molar-refractivity contribution in [3.63, 3.8) is 0 Å². The zero-order chi connectivity index (χ0) is 19.4. The summed E-state index contributed by atoms with van der Waals surface area (Å²) in [5.74, 6) is 0.751. The minimum Gasteiger partial charge on any atom is -0.496 e. The lowest BCUT2D eigenvalue weighted by atomic mass is 10.1. The summed E-state index contributed by atoms with van der Waals surface area (Å²) in [6.07, 6.45) is 0.351. The number of piperazine rings is 1. The van der Waals surface area contributed by atoms with Gasteiger partial charge < -0.3 is 20.3 Å². The average Bonchev–Trinajstić information content (AvgIpc) is 2.69. The van der Waals surface area contributed by atoms with Gasteiger partial charge in [0.25, 0.3) is 5.91 Å². The minimum absolute atomic E-state index is 0.0288. The molecule has 0 atom stereocenters. The lowest BCUT2D eigenvalue weighted by Crippen LogP contribution is -2.51. The molecule has 1 heterocycles. The second-order valence-corrected chi connectivity index (χ2v) is 6.78. The fourth-order valence-corrected chi connectivity index (χ4v) is 3.22. The van der Waals surface area contributed by atoms with E-state index >= 15 is 0 Å². The minimum atomic E-state index is -0.0288. The molecule has 2 amide bonds. The Morgan fingerprint density at radius 2 is 1.63 bits per heavy atom. The summed E-state index contributed by atoms with van der Waals surface area (Å²) in [6.45, 7) is 4.09. The van der Waals surface area contributed by atoms with E-state index in [1.165, 1.54) is 0 Å². The smallest absolute Gasteiger partial charge is 0.254 e. The van der Waals surface area contributed by atoms with Crippen molar-refractivity contribution < 1.29 is 14.3 Å². The van der Waals surface area contributed by atoms with Gasteiger partial charge in [0.05, 0.1) is 13.5 Å². The van der Waals surface area contributed by atoms with Gasteiger partial charge in [0, 0.05) is 37.4 Å². The predicted molar refractivity (Wildman–Crippen MR) is 105 cm³/mol. The Balaban J connectivity index is 1.57. The van der Waals surface area contributed by atoms with E-state index in [4.69, 9.17) is 10.5 Å². The molecule has 0 spiro atoms. The summed E-state index contributed by atoms with van der Waals surface area (Å²) in [5.41, 5.74) is 8.91. The number of nitrogens with two attached hydrogens (primary N) is 1. The number of rotatable bonds is 4. The molecule has 27 heavy (non-hydrogen) atoms. The molecule has 0 saturated carbocycles. The van der Waals surface area contributed by atoms with E-state index in [1.807, 2.05) is 36.1 Å². The van der Waals surface area contributed by atoms with Crippen LogP contribution in [-0.4, -0.2) is 54.9 Å². The maximum Gasteiger partial charge on any atom is 0.254 e. The molecule has 142 valence electrons. The summed E-state index contributed by atoms with van der Waals surface area (Å²) in [5, 5.41) is 0. The Hall–Kier alpha value is -3.02. The second-order valence-electron chi connectivity index (χ2n) is 6.78. The number of aryl methyl sites for hydroxylation is 1. The highest BCUT2D eigenvalue weighted by molar-refractivity contribution is 5.95. The zero-order valence-corrected chi connectivity index (χ0v) is 15.8. The van der Waals surface area contributed by atoms with Crippen LogP contribution in [0.5, 0.6) is 5.75 Å². The molecule has 2 aromatic rings. The number of hydrogen-bond donors (Lipinski definition) is 1. The monoisotopic (exact) mass is 367 g/mol. The highest BCUT2D eigenvalue weighted by Crippen LogP contribution is 2.20. The molecule has 0 unspecified atom stereocenters. The summed E-state index contributed by atoms with van der Waals surface area (Å²) >= 11 is 0. The van der Waals surface area contributed by atoms with E-state index in [2.05, 4.69) is 0 Å². The third-order valence-corrected chi connectivity index (χ3v) is 4.91. The molecule has 0 radical (unpaired) electrons. The van der Waals surface area contributed by atoms with Gasteiger partial charge in [0.1, 0.15) is 5.75 Å². The topological polar surface area (TPSA) is 75.9 Å². The number of anilines is 1. The molecular formula is C21H25N3O3. The Kier molecular flexibility index (Phi) is 5.64. The van der Waals surface area contributed by atoms with Crippen LogP contribution in [0.15, 0.2) is 42.5 Å². The van der Waals surface area contributed by atoms with E-state index in [-0.39, 0.29) is 11.8 Å². The Morgan fingerprint density at radius 3 is 2.26 bits per heavy atom. The molecular weight excluding hydrogens is 342 g/mol. The molecule has 1 saturated heterocycles. The van der Waals surface area contributed by atoms with Gasteiger partial charge >= 0.3 is 0 Å². The number of nitrogen functional groups attached to an aromatic ring is 1. The van der Waals surface area contributed by atoms with Crippen molar-refractivity contribution in [2.75, 3.05) is 39.0 Å². The fourth-order valence-electron chi connectivity index (χ4n) is 3.22. The maximum absolute atomic E-state index is 12.7. The van der Waals surface area contributed by atoms with Crippen LogP contribution in [0.3, 0.4) is 0 Å². The predicted octanol–water partition coefficient (Wildman–Crippen LogP) is 2.11. The highest BCUT2D eigenvalue weighted by Gasteiger charge is 2.25. The van der Waals surface area contributed by atoms with Crippen molar-refractivity contribution in [3.8, 4) is 5.75 Å². The number of ether oxygens (including phenoxy) is 1. The molecule has 2 N–H and O–H groups in total. The van der Waals surface area contributed by atoms with Crippen LogP contribution >= 0.6 is 0 Å². The lowest BCUT2D eigenvalue weighted by molar-refractivity contribution is -0.131. The normalized spacial score (nSPS) is 14.1. The second kappa shape index (κ2) is 8.12. The van der Waals surface area contributed by atoms with E-state index in [9.17, 15) is 9.59 Å². The average molecular weight is 367 g/mol. The number of hydrogen-bond acceptors (Lipinski definition) is 4. The first-order chi connectivity index (χ1) is 13.0. The molecule has 6 nitrogen and oxygen atoms in total. The van der Waals surface area contributed by atoms with Crippen LogP contribution < -0.4 is 10.5 Å². The molecule has 0 bridgehead atoms. The van der Waals surface area contributed by atoms with Crippen molar-refractivity contribution in [1.82, 2.24) is 9.80 Å². The van der Waals surface area contributed by atoms with Gasteiger partial charge in [0.2, 0.25) is 5.91 Å². The molecule has 1 aliphatic heterocycles. The van der Waals surface area contributed by atoms with Gasteiger partial charge in [0.15, 0.2) is 0 Å². The number of amides is 2.